The van der Waals surface area contributed by atoms with Crippen LogP contribution < -0.4 is 0 Å². The van der Waals surface area contributed by atoms with Gasteiger partial charge in [0.15, 0.2) is 5.76 Å². The number of carbonyl (C=O) groups is 2. The van der Waals surface area contributed by atoms with Crippen molar-refractivity contribution < 1.29 is 14.0 Å². The van der Waals surface area contributed by atoms with Crippen LogP contribution >= 0.6 is 22.9 Å². The monoisotopic (exact) mass is 324 g/mol. The van der Waals surface area contributed by atoms with Gasteiger partial charge in [-0.2, -0.15) is 0 Å². The van der Waals surface area contributed by atoms with E-state index in [9.17, 15) is 9.59 Å². The van der Waals surface area contributed by atoms with Gasteiger partial charge in [0, 0.05) is 31.6 Å². The van der Waals surface area contributed by atoms with E-state index in [0.29, 0.717) is 41.8 Å². The molecule has 1 fully saturated rings. The number of thiophene rings is 1. The maximum atomic E-state index is 12.3. The molecule has 2 aromatic heterocycles. The highest BCUT2D eigenvalue weighted by molar-refractivity contribution is 7.12. The minimum atomic E-state index is -0.133. The summed E-state index contributed by atoms with van der Waals surface area (Å²) in [7, 11) is 0. The molecule has 3 rings (SSSR count). The molecule has 110 valence electrons. The highest BCUT2D eigenvalue weighted by atomic mass is 35.5. The lowest BCUT2D eigenvalue weighted by molar-refractivity contribution is 0.0520. The van der Waals surface area contributed by atoms with Gasteiger partial charge in [-0.1, -0.05) is 11.6 Å². The van der Waals surface area contributed by atoms with Crippen LogP contribution in [0.1, 0.15) is 20.2 Å². The molecule has 1 aliphatic heterocycles. The largest absolute Gasteiger partial charge is 0.459 e. The van der Waals surface area contributed by atoms with E-state index >= 15 is 0 Å². The summed E-state index contributed by atoms with van der Waals surface area (Å²) in [5.41, 5.74) is 0. The van der Waals surface area contributed by atoms with Crippen molar-refractivity contribution >= 4 is 34.8 Å². The number of rotatable bonds is 2. The lowest BCUT2D eigenvalue weighted by atomic mass is 10.2. The van der Waals surface area contributed by atoms with Gasteiger partial charge in [-0.15, -0.1) is 11.3 Å². The Hall–Kier alpha value is -1.79. The van der Waals surface area contributed by atoms with E-state index in [1.807, 2.05) is 0 Å². The van der Waals surface area contributed by atoms with Crippen molar-refractivity contribution in [3.8, 4) is 0 Å². The molecule has 0 saturated carbocycles. The van der Waals surface area contributed by atoms with Gasteiger partial charge in [-0.25, -0.2) is 0 Å². The fraction of sp³-hybridized carbons (Fsp3) is 0.286. The van der Waals surface area contributed by atoms with Gasteiger partial charge in [-0.05, 0) is 18.2 Å². The summed E-state index contributed by atoms with van der Waals surface area (Å²) >= 11 is 7.18. The van der Waals surface area contributed by atoms with Crippen LogP contribution in [0.15, 0.2) is 34.3 Å². The zero-order chi connectivity index (χ0) is 14.8. The fourth-order valence-electron chi connectivity index (χ4n) is 2.25. The van der Waals surface area contributed by atoms with Gasteiger partial charge >= 0.3 is 0 Å². The average Bonchev–Trinajstić information content (AvgIpc) is 3.17. The number of hydrogen-bond acceptors (Lipinski definition) is 4. The fourth-order valence-corrected chi connectivity index (χ4v) is 3.29. The summed E-state index contributed by atoms with van der Waals surface area (Å²) in [6.45, 7) is 2.04. The van der Waals surface area contributed by atoms with Gasteiger partial charge in [0.05, 0.1) is 16.2 Å². The summed E-state index contributed by atoms with van der Waals surface area (Å²) in [6.07, 6.45) is 1.48. The zero-order valence-corrected chi connectivity index (χ0v) is 12.7. The number of carbonyl (C=O) groups excluding carboxylic acids is 2. The molecule has 0 aliphatic carbocycles. The molecule has 0 radical (unpaired) electrons. The highest BCUT2D eigenvalue weighted by Crippen LogP contribution is 2.21. The molecule has 21 heavy (non-hydrogen) atoms. The SMILES string of the molecule is O=C(c1ccco1)N1CCN(C(=O)c2cc(Cl)cs2)CC1. The minimum Gasteiger partial charge on any atom is -0.459 e. The molecule has 3 heterocycles. The van der Waals surface area contributed by atoms with Gasteiger partial charge in [-0.3, -0.25) is 9.59 Å². The predicted molar refractivity (Wildman–Crippen MR) is 79.8 cm³/mol. The van der Waals surface area contributed by atoms with Crippen LogP contribution in [0.4, 0.5) is 0 Å². The summed E-state index contributed by atoms with van der Waals surface area (Å²) in [6, 6.07) is 5.01. The lowest BCUT2D eigenvalue weighted by Crippen LogP contribution is -2.50. The highest BCUT2D eigenvalue weighted by Gasteiger charge is 2.27. The Labute approximate surface area is 130 Å². The van der Waals surface area contributed by atoms with Crippen molar-refractivity contribution in [1.29, 1.82) is 0 Å². The Morgan fingerprint density at radius 3 is 2.33 bits per heavy atom. The van der Waals surface area contributed by atoms with E-state index < -0.39 is 0 Å². The molecule has 0 unspecified atom stereocenters. The van der Waals surface area contributed by atoms with Crippen LogP contribution in [-0.4, -0.2) is 47.8 Å². The second kappa shape index (κ2) is 5.91. The molecule has 0 spiro atoms. The van der Waals surface area contributed by atoms with E-state index in [0.717, 1.165) is 0 Å². The summed E-state index contributed by atoms with van der Waals surface area (Å²) in [4.78, 5) is 28.5. The smallest absolute Gasteiger partial charge is 0.289 e. The maximum Gasteiger partial charge on any atom is 0.289 e. The number of halogens is 1. The molecule has 5 nitrogen and oxygen atoms in total. The van der Waals surface area contributed by atoms with Crippen LogP contribution in [0, 0.1) is 0 Å². The van der Waals surface area contributed by atoms with Crippen molar-refractivity contribution in [3.63, 3.8) is 0 Å². The molecular formula is C14H13ClN2O3S. The number of nitrogens with zero attached hydrogens (tertiary/aromatic N) is 2. The normalized spacial score (nSPS) is 15.3. The third-order valence-electron chi connectivity index (χ3n) is 3.36. The Morgan fingerprint density at radius 2 is 1.81 bits per heavy atom. The minimum absolute atomic E-state index is 0.0306. The van der Waals surface area contributed by atoms with Crippen LogP contribution in [0.3, 0.4) is 0 Å². The lowest BCUT2D eigenvalue weighted by Gasteiger charge is -2.34. The molecule has 2 amide bonds. The molecular weight excluding hydrogens is 312 g/mol. The Morgan fingerprint density at radius 1 is 1.14 bits per heavy atom. The standard InChI is InChI=1S/C14H13ClN2O3S/c15-10-8-12(21-9-10)14(19)17-5-3-16(4-6-17)13(18)11-2-1-7-20-11/h1-2,7-9H,3-6H2. The molecule has 7 heteroatoms. The Balaban J connectivity index is 1.60. The Kier molecular flexibility index (Phi) is 3.98. The van der Waals surface area contributed by atoms with Crippen molar-refractivity contribution in [2.24, 2.45) is 0 Å². The zero-order valence-electron chi connectivity index (χ0n) is 11.1. The Bertz CT molecular complexity index is 645. The topological polar surface area (TPSA) is 53.8 Å². The average molecular weight is 325 g/mol. The van der Waals surface area contributed by atoms with Crippen molar-refractivity contribution in [3.05, 3.63) is 45.5 Å². The molecule has 0 aromatic carbocycles. The second-order valence-electron chi connectivity index (χ2n) is 4.69. The number of furan rings is 1. The third kappa shape index (κ3) is 2.96. The first-order valence-corrected chi connectivity index (χ1v) is 7.77. The molecule has 0 atom stereocenters. The van der Waals surface area contributed by atoms with E-state index in [1.165, 1.54) is 17.6 Å². The van der Waals surface area contributed by atoms with E-state index in [-0.39, 0.29) is 11.8 Å². The quantitative estimate of drug-likeness (QED) is 0.853. The van der Waals surface area contributed by atoms with Crippen LogP contribution in [-0.2, 0) is 0 Å². The second-order valence-corrected chi connectivity index (χ2v) is 6.04. The third-order valence-corrected chi connectivity index (χ3v) is 4.63. The van der Waals surface area contributed by atoms with Crippen LogP contribution in [0.5, 0.6) is 0 Å². The van der Waals surface area contributed by atoms with Crippen LogP contribution in [0.2, 0.25) is 5.02 Å². The first-order chi connectivity index (χ1) is 10.1. The predicted octanol–water partition coefficient (Wildman–Crippen LogP) is 2.59. The first-order valence-electron chi connectivity index (χ1n) is 6.51. The van der Waals surface area contributed by atoms with Crippen molar-refractivity contribution in [1.82, 2.24) is 9.80 Å². The summed E-state index contributed by atoms with van der Waals surface area (Å²) in [5, 5.41) is 2.32. The van der Waals surface area contributed by atoms with Crippen molar-refractivity contribution in [2.45, 2.75) is 0 Å². The summed E-state index contributed by atoms with van der Waals surface area (Å²) < 4.78 is 5.11. The molecule has 1 aliphatic rings. The van der Waals surface area contributed by atoms with Gasteiger partial charge in [0.2, 0.25) is 0 Å². The number of amides is 2. The van der Waals surface area contributed by atoms with Gasteiger partial charge in [0.25, 0.3) is 11.8 Å². The molecule has 2 aromatic rings. The molecule has 0 N–H and O–H groups in total. The van der Waals surface area contributed by atoms with E-state index in [2.05, 4.69) is 0 Å². The summed E-state index contributed by atoms with van der Waals surface area (Å²) in [5.74, 6) is 0.170. The van der Waals surface area contributed by atoms with Crippen LogP contribution in [0.25, 0.3) is 0 Å². The van der Waals surface area contributed by atoms with E-state index in [1.54, 1.807) is 33.4 Å². The van der Waals surface area contributed by atoms with E-state index in [4.69, 9.17) is 16.0 Å². The first kappa shape index (κ1) is 14.2. The molecule has 1 saturated heterocycles. The van der Waals surface area contributed by atoms with Gasteiger partial charge < -0.3 is 14.2 Å². The number of hydrogen-bond donors (Lipinski definition) is 0. The molecule has 0 bridgehead atoms. The maximum absolute atomic E-state index is 12.3. The van der Waals surface area contributed by atoms with Crippen molar-refractivity contribution in [2.75, 3.05) is 26.2 Å². The van der Waals surface area contributed by atoms with Gasteiger partial charge in [0.1, 0.15) is 0 Å². The number of piperazine rings is 1.